The first-order chi connectivity index (χ1) is 17.5. The third-order valence-electron chi connectivity index (χ3n) is 5.91. The molecule has 0 saturated carbocycles. The molecule has 6 nitrogen and oxygen atoms in total. The number of nitrogens with zero attached hydrogens (tertiary/aromatic N) is 3. The van der Waals surface area contributed by atoms with E-state index in [1.54, 1.807) is 20.3 Å². The van der Waals surface area contributed by atoms with Gasteiger partial charge >= 0.3 is 6.18 Å². The number of methoxy groups -OCH3 is 2. The van der Waals surface area contributed by atoms with E-state index >= 15 is 0 Å². The van der Waals surface area contributed by atoms with Crippen molar-refractivity contribution >= 4 is 28.1 Å². The fourth-order valence-corrected chi connectivity index (χ4v) is 5.32. The van der Waals surface area contributed by atoms with E-state index in [2.05, 4.69) is 15.3 Å². The van der Waals surface area contributed by atoms with Crippen LogP contribution in [0.5, 0.6) is 11.5 Å². The van der Waals surface area contributed by atoms with Gasteiger partial charge in [0.25, 0.3) is 0 Å². The maximum absolute atomic E-state index is 13.4. The Morgan fingerprint density at radius 2 is 1.78 bits per heavy atom. The van der Waals surface area contributed by atoms with E-state index in [9.17, 15) is 13.2 Å². The van der Waals surface area contributed by atoms with Crippen LogP contribution in [0.4, 0.5) is 19.0 Å². The number of anilines is 1. The van der Waals surface area contributed by atoms with Crippen molar-refractivity contribution < 1.29 is 22.6 Å². The van der Waals surface area contributed by atoms with Crippen LogP contribution in [0.3, 0.4) is 0 Å². The Bertz CT molecular complexity index is 1420. The molecule has 2 aromatic heterocycles. The average molecular weight is 531 g/mol. The van der Waals surface area contributed by atoms with Gasteiger partial charge in [0.1, 0.15) is 11.6 Å². The maximum atomic E-state index is 13.4. The predicted molar refractivity (Wildman–Crippen MR) is 142 cm³/mol. The van der Waals surface area contributed by atoms with Crippen molar-refractivity contribution in [2.75, 3.05) is 33.6 Å². The summed E-state index contributed by atoms with van der Waals surface area (Å²) in [4.78, 5) is 12.9. The van der Waals surface area contributed by atoms with Crippen LogP contribution in [0.2, 0.25) is 0 Å². The number of thiophene rings is 1. The molecular formula is C27H29F3N4O2S. The Labute approximate surface area is 218 Å². The number of fused-ring (bicyclic) bond motifs is 1. The van der Waals surface area contributed by atoms with Crippen LogP contribution in [-0.4, -0.2) is 43.2 Å². The van der Waals surface area contributed by atoms with Crippen LogP contribution >= 0.6 is 11.3 Å². The fraction of sp³-hybridized carbons (Fsp3) is 0.333. The van der Waals surface area contributed by atoms with Crippen molar-refractivity contribution in [1.82, 2.24) is 14.9 Å². The van der Waals surface area contributed by atoms with Gasteiger partial charge in [-0.15, -0.1) is 11.3 Å². The zero-order chi connectivity index (χ0) is 26.9. The van der Waals surface area contributed by atoms with Gasteiger partial charge in [0.2, 0.25) is 0 Å². The molecule has 0 aliphatic rings. The van der Waals surface area contributed by atoms with E-state index in [4.69, 9.17) is 9.47 Å². The number of hydrogen-bond acceptors (Lipinski definition) is 7. The largest absolute Gasteiger partial charge is 0.493 e. The third-order valence-corrected chi connectivity index (χ3v) is 7.21. The lowest BCUT2D eigenvalue weighted by molar-refractivity contribution is -0.137. The highest BCUT2D eigenvalue weighted by Crippen LogP contribution is 2.41. The van der Waals surface area contributed by atoms with E-state index in [-0.39, 0.29) is 6.04 Å². The topological polar surface area (TPSA) is 59.5 Å². The second-order valence-corrected chi connectivity index (χ2v) is 10.1. The summed E-state index contributed by atoms with van der Waals surface area (Å²) < 4.78 is 51.1. The number of aryl methyl sites for hydroxylation is 1. The van der Waals surface area contributed by atoms with E-state index in [1.165, 1.54) is 17.4 Å². The Morgan fingerprint density at radius 1 is 1.03 bits per heavy atom. The molecule has 0 spiro atoms. The molecule has 1 N–H and O–H groups in total. The Hall–Kier alpha value is -3.37. The molecule has 0 amide bonds. The zero-order valence-electron chi connectivity index (χ0n) is 21.5. The van der Waals surface area contributed by atoms with E-state index in [0.29, 0.717) is 40.6 Å². The second kappa shape index (κ2) is 10.5. The van der Waals surface area contributed by atoms with Crippen molar-refractivity contribution in [3.63, 3.8) is 0 Å². The number of benzene rings is 2. The first kappa shape index (κ1) is 26.7. The normalized spacial score (nSPS) is 12.7. The summed E-state index contributed by atoms with van der Waals surface area (Å²) in [6.45, 7) is 4.24. The van der Waals surface area contributed by atoms with Crippen LogP contribution in [0.15, 0.2) is 42.5 Å². The summed E-state index contributed by atoms with van der Waals surface area (Å²) in [5.74, 6) is 2.34. The molecule has 2 aromatic carbocycles. The van der Waals surface area contributed by atoms with Gasteiger partial charge in [-0.05, 0) is 75.5 Å². The molecule has 1 atom stereocenters. The fourth-order valence-electron chi connectivity index (χ4n) is 4.25. The summed E-state index contributed by atoms with van der Waals surface area (Å²) in [6.07, 6.45) is -4.39. The molecule has 0 bridgehead atoms. The number of alkyl halides is 3. The van der Waals surface area contributed by atoms with Crippen molar-refractivity contribution in [2.45, 2.75) is 32.6 Å². The molecular weight excluding hydrogens is 501 g/mol. The molecule has 4 rings (SSSR count). The minimum absolute atomic E-state index is 0.140. The average Bonchev–Trinajstić information content (AvgIpc) is 3.32. The van der Waals surface area contributed by atoms with Gasteiger partial charge in [-0.1, -0.05) is 6.07 Å². The van der Waals surface area contributed by atoms with Crippen LogP contribution in [0.25, 0.3) is 21.3 Å². The number of rotatable bonds is 8. The van der Waals surface area contributed by atoms with E-state index in [0.717, 1.165) is 26.9 Å². The number of hydrogen-bond donors (Lipinski definition) is 1. The van der Waals surface area contributed by atoms with Crippen molar-refractivity contribution in [3.8, 4) is 21.9 Å². The van der Waals surface area contributed by atoms with E-state index in [1.807, 2.05) is 57.1 Å². The van der Waals surface area contributed by atoms with Crippen molar-refractivity contribution in [2.24, 2.45) is 0 Å². The quantitative estimate of drug-likeness (QED) is 0.266. The highest BCUT2D eigenvalue weighted by Gasteiger charge is 2.31. The SMILES string of the molecule is COc1ccc2nc(C)nc(NC(C)c3ccc(-c4ccc(C(F)(F)F)cc4CN(C)C)s3)c2c1OC. The number of aromatic nitrogens is 2. The number of ether oxygens (including phenoxy) is 2. The maximum Gasteiger partial charge on any atom is 0.416 e. The first-order valence-corrected chi connectivity index (χ1v) is 12.4. The molecule has 0 aliphatic carbocycles. The van der Waals surface area contributed by atoms with E-state index < -0.39 is 11.7 Å². The van der Waals surface area contributed by atoms with Gasteiger partial charge in [-0.3, -0.25) is 0 Å². The monoisotopic (exact) mass is 530 g/mol. The van der Waals surface area contributed by atoms with Crippen molar-refractivity contribution in [1.29, 1.82) is 0 Å². The summed E-state index contributed by atoms with van der Waals surface area (Å²) in [7, 11) is 6.83. The second-order valence-electron chi connectivity index (χ2n) is 8.99. The van der Waals surface area contributed by atoms with Gasteiger partial charge in [-0.2, -0.15) is 13.2 Å². The lowest BCUT2D eigenvalue weighted by atomic mass is 10.0. The van der Waals surface area contributed by atoms with Crippen LogP contribution in [-0.2, 0) is 12.7 Å². The van der Waals surface area contributed by atoms with Gasteiger partial charge < -0.3 is 19.7 Å². The smallest absolute Gasteiger partial charge is 0.416 e. The van der Waals surface area contributed by atoms with Gasteiger partial charge in [0.15, 0.2) is 11.5 Å². The van der Waals surface area contributed by atoms with Crippen LogP contribution < -0.4 is 14.8 Å². The van der Waals surface area contributed by atoms with Crippen LogP contribution in [0.1, 0.15) is 34.8 Å². The minimum atomic E-state index is -4.39. The molecule has 0 saturated heterocycles. The lowest BCUT2D eigenvalue weighted by Crippen LogP contribution is -2.13. The third kappa shape index (κ3) is 5.65. The Balaban J connectivity index is 1.70. The standard InChI is InChI=1S/C27H29F3N4O2S/c1-15(31-26-24-20(32-16(2)33-26)9-10-21(35-5)25(24)36-6)22-11-12-23(37-22)19-8-7-18(27(28,29)30)13-17(19)14-34(3)4/h7-13,15H,14H2,1-6H3,(H,31,32,33). The summed E-state index contributed by atoms with van der Waals surface area (Å²) in [5.41, 5.74) is 1.50. The molecule has 196 valence electrons. The van der Waals surface area contributed by atoms with Crippen molar-refractivity contribution in [3.05, 3.63) is 64.3 Å². The highest BCUT2D eigenvalue weighted by molar-refractivity contribution is 7.15. The minimum Gasteiger partial charge on any atom is -0.493 e. The molecule has 0 aliphatic heterocycles. The van der Waals surface area contributed by atoms with Crippen LogP contribution in [0, 0.1) is 6.92 Å². The molecule has 0 radical (unpaired) electrons. The molecule has 0 fully saturated rings. The molecule has 10 heteroatoms. The van der Waals surface area contributed by atoms with Gasteiger partial charge in [-0.25, -0.2) is 9.97 Å². The first-order valence-electron chi connectivity index (χ1n) is 11.6. The Morgan fingerprint density at radius 3 is 2.43 bits per heavy atom. The molecule has 37 heavy (non-hydrogen) atoms. The highest BCUT2D eigenvalue weighted by atomic mass is 32.1. The molecule has 4 aromatic rings. The number of nitrogens with one attached hydrogen (secondary N) is 1. The van der Waals surface area contributed by atoms with Gasteiger partial charge in [0, 0.05) is 16.3 Å². The number of halogens is 3. The summed E-state index contributed by atoms with van der Waals surface area (Å²) >= 11 is 1.53. The zero-order valence-corrected chi connectivity index (χ0v) is 22.3. The predicted octanol–water partition coefficient (Wildman–Crippen LogP) is 6.94. The van der Waals surface area contributed by atoms with Gasteiger partial charge in [0.05, 0.1) is 36.7 Å². The Kier molecular flexibility index (Phi) is 7.61. The molecule has 2 heterocycles. The summed E-state index contributed by atoms with van der Waals surface area (Å²) in [5, 5.41) is 4.19. The molecule has 1 unspecified atom stereocenters. The lowest BCUT2D eigenvalue weighted by Gasteiger charge is -2.18. The summed E-state index contributed by atoms with van der Waals surface area (Å²) in [6, 6.07) is 11.4.